The Morgan fingerprint density at radius 2 is 1.89 bits per heavy atom. The second-order valence-corrected chi connectivity index (χ2v) is 9.88. The summed E-state index contributed by atoms with van der Waals surface area (Å²) in [5.74, 6) is 0.583. The third kappa shape index (κ3) is 4.14. The van der Waals surface area contributed by atoms with Crippen LogP contribution in [0.15, 0.2) is 42.5 Å². The molecule has 1 aliphatic rings. The molecule has 1 unspecified atom stereocenters. The van der Waals surface area contributed by atoms with Gasteiger partial charge in [-0.15, -0.1) is 0 Å². The summed E-state index contributed by atoms with van der Waals surface area (Å²) < 4.78 is 30.8. The molecular formula is C21H26N2O4S. The van der Waals surface area contributed by atoms with Crippen molar-refractivity contribution in [1.82, 2.24) is 5.32 Å². The van der Waals surface area contributed by atoms with Crippen LogP contribution in [0.2, 0.25) is 0 Å². The monoisotopic (exact) mass is 402 g/mol. The van der Waals surface area contributed by atoms with Gasteiger partial charge >= 0.3 is 0 Å². The zero-order chi connectivity index (χ0) is 20.7. The van der Waals surface area contributed by atoms with Gasteiger partial charge in [0.1, 0.15) is 11.4 Å². The predicted octanol–water partition coefficient (Wildman–Crippen LogP) is 3.42. The number of fused-ring (bicyclic) bond motifs is 1. The third-order valence-corrected chi connectivity index (χ3v) is 6.17. The molecule has 0 radical (unpaired) electrons. The van der Waals surface area contributed by atoms with Gasteiger partial charge in [0, 0.05) is 24.6 Å². The molecule has 0 saturated heterocycles. The molecule has 1 amide bonds. The van der Waals surface area contributed by atoms with Crippen LogP contribution in [0.3, 0.4) is 0 Å². The van der Waals surface area contributed by atoms with Gasteiger partial charge in [-0.3, -0.25) is 9.10 Å². The van der Waals surface area contributed by atoms with E-state index in [1.54, 1.807) is 25.1 Å². The summed E-state index contributed by atoms with van der Waals surface area (Å²) in [6.45, 7) is 5.80. The van der Waals surface area contributed by atoms with E-state index in [9.17, 15) is 13.2 Å². The maximum atomic E-state index is 12.9. The predicted molar refractivity (Wildman–Crippen MR) is 110 cm³/mol. The first-order valence-electron chi connectivity index (χ1n) is 9.11. The van der Waals surface area contributed by atoms with Gasteiger partial charge in [0.2, 0.25) is 10.0 Å². The smallest absolute Gasteiger partial charge is 0.251 e. The number of sulfonamides is 1. The number of hydrogen-bond donors (Lipinski definition) is 1. The molecule has 7 heteroatoms. The van der Waals surface area contributed by atoms with E-state index < -0.39 is 10.0 Å². The molecule has 1 atom stereocenters. The molecule has 0 aromatic heterocycles. The highest BCUT2D eigenvalue weighted by atomic mass is 32.2. The molecule has 28 heavy (non-hydrogen) atoms. The number of aryl methyl sites for hydroxylation is 1. The van der Waals surface area contributed by atoms with Gasteiger partial charge in [-0.1, -0.05) is 18.2 Å². The fraction of sp³-hybridized carbons (Fsp3) is 0.381. The molecule has 3 rings (SSSR count). The van der Waals surface area contributed by atoms with Crippen molar-refractivity contribution in [2.45, 2.75) is 38.8 Å². The van der Waals surface area contributed by atoms with Gasteiger partial charge in [0.25, 0.3) is 5.91 Å². The zero-order valence-electron chi connectivity index (χ0n) is 16.8. The number of ether oxygens (including phenoxy) is 1. The molecule has 0 spiro atoms. The second-order valence-electron chi connectivity index (χ2n) is 7.86. The van der Waals surface area contributed by atoms with Crippen LogP contribution in [0.25, 0.3) is 0 Å². The minimum absolute atomic E-state index is 0.161. The van der Waals surface area contributed by atoms with Crippen LogP contribution in [-0.2, 0) is 10.0 Å². The number of para-hydroxylation sites is 1. The average Bonchev–Trinajstić information content (AvgIpc) is 2.59. The maximum absolute atomic E-state index is 12.9. The van der Waals surface area contributed by atoms with Crippen molar-refractivity contribution < 1.29 is 17.9 Å². The summed E-state index contributed by atoms with van der Waals surface area (Å²) in [5, 5.41) is 3.10. The molecule has 2 aromatic carbocycles. The maximum Gasteiger partial charge on any atom is 0.251 e. The number of nitrogens with one attached hydrogen (secondary N) is 1. The summed E-state index contributed by atoms with van der Waals surface area (Å²) in [6.07, 6.45) is 1.81. The lowest BCUT2D eigenvalue weighted by Gasteiger charge is -2.37. The van der Waals surface area contributed by atoms with E-state index in [1.165, 1.54) is 11.4 Å². The molecule has 0 bridgehead atoms. The number of amides is 1. The van der Waals surface area contributed by atoms with Crippen molar-refractivity contribution in [2.24, 2.45) is 0 Å². The number of carbonyl (C=O) groups excluding carboxylic acids is 1. The van der Waals surface area contributed by atoms with Crippen molar-refractivity contribution >= 4 is 21.6 Å². The minimum Gasteiger partial charge on any atom is -0.487 e. The van der Waals surface area contributed by atoms with Crippen LogP contribution in [0, 0.1) is 6.92 Å². The van der Waals surface area contributed by atoms with Crippen molar-refractivity contribution in [3.8, 4) is 5.75 Å². The number of anilines is 1. The lowest BCUT2D eigenvalue weighted by atomic mass is 9.89. The van der Waals surface area contributed by atoms with E-state index in [2.05, 4.69) is 5.32 Å². The van der Waals surface area contributed by atoms with Crippen molar-refractivity contribution in [3.63, 3.8) is 0 Å². The van der Waals surface area contributed by atoms with Gasteiger partial charge in [0.15, 0.2) is 0 Å². The Kier molecular flexibility index (Phi) is 5.14. The van der Waals surface area contributed by atoms with Gasteiger partial charge in [-0.2, -0.15) is 0 Å². The standard InChI is InChI=1S/C21H26N2O4S/c1-14-12-15(10-11-18(14)23(4)28(5,25)26)20(24)22-17-13-21(2,3)27-19-9-7-6-8-16(17)19/h6-12,17H,13H2,1-5H3,(H,22,24). The highest BCUT2D eigenvalue weighted by Crippen LogP contribution is 2.39. The highest BCUT2D eigenvalue weighted by molar-refractivity contribution is 7.92. The lowest BCUT2D eigenvalue weighted by Crippen LogP contribution is -2.41. The van der Waals surface area contributed by atoms with Gasteiger partial charge < -0.3 is 10.1 Å². The molecule has 0 saturated carbocycles. The number of nitrogens with zero attached hydrogens (tertiary/aromatic N) is 1. The van der Waals surface area contributed by atoms with Crippen LogP contribution in [-0.4, -0.2) is 33.2 Å². The fourth-order valence-corrected chi connectivity index (χ4v) is 4.06. The molecule has 2 aromatic rings. The third-order valence-electron chi connectivity index (χ3n) is 4.98. The first-order chi connectivity index (χ1) is 13.0. The second kappa shape index (κ2) is 7.13. The minimum atomic E-state index is -3.36. The Morgan fingerprint density at radius 3 is 2.54 bits per heavy atom. The quantitative estimate of drug-likeness (QED) is 0.850. The number of benzene rings is 2. The Morgan fingerprint density at radius 1 is 1.21 bits per heavy atom. The lowest BCUT2D eigenvalue weighted by molar-refractivity contribution is 0.0619. The molecule has 150 valence electrons. The van der Waals surface area contributed by atoms with Gasteiger partial charge in [-0.25, -0.2) is 8.42 Å². The Balaban J connectivity index is 1.85. The Bertz CT molecular complexity index is 1010. The van der Waals surface area contributed by atoms with E-state index in [0.717, 1.165) is 17.6 Å². The molecule has 1 heterocycles. The van der Waals surface area contributed by atoms with Gasteiger partial charge in [0.05, 0.1) is 18.0 Å². The summed E-state index contributed by atoms with van der Waals surface area (Å²) in [4.78, 5) is 12.9. The topological polar surface area (TPSA) is 75.7 Å². The summed E-state index contributed by atoms with van der Waals surface area (Å²) in [6, 6.07) is 12.6. The SMILES string of the molecule is Cc1cc(C(=O)NC2CC(C)(C)Oc3ccccc32)ccc1N(C)S(C)(=O)=O. The normalized spacial score (nSPS) is 18.0. The van der Waals surface area contributed by atoms with Crippen molar-refractivity contribution in [3.05, 3.63) is 59.2 Å². The van der Waals surface area contributed by atoms with E-state index >= 15 is 0 Å². The summed E-state index contributed by atoms with van der Waals surface area (Å²) in [5.41, 5.74) is 2.33. The van der Waals surface area contributed by atoms with Crippen LogP contribution >= 0.6 is 0 Å². The van der Waals surface area contributed by atoms with Crippen LogP contribution in [0.4, 0.5) is 5.69 Å². The first kappa shape index (κ1) is 20.2. The fourth-order valence-electron chi connectivity index (χ4n) is 3.50. The molecule has 0 fully saturated rings. The number of carbonyl (C=O) groups is 1. The van der Waals surface area contributed by atoms with E-state index in [4.69, 9.17) is 4.74 Å². The van der Waals surface area contributed by atoms with E-state index in [1.807, 2.05) is 38.1 Å². The van der Waals surface area contributed by atoms with Crippen LogP contribution < -0.4 is 14.4 Å². The van der Waals surface area contributed by atoms with Crippen LogP contribution in [0.1, 0.15) is 47.8 Å². The molecule has 1 aliphatic heterocycles. The first-order valence-corrected chi connectivity index (χ1v) is 11.0. The largest absolute Gasteiger partial charge is 0.487 e. The van der Waals surface area contributed by atoms with Gasteiger partial charge in [-0.05, 0) is 50.6 Å². The summed E-state index contributed by atoms with van der Waals surface area (Å²) >= 11 is 0. The van der Waals surface area contributed by atoms with E-state index in [0.29, 0.717) is 23.2 Å². The highest BCUT2D eigenvalue weighted by Gasteiger charge is 2.34. The van der Waals surface area contributed by atoms with Crippen molar-refractivity contribution in [1.29, 1.82) is 0 Å². The number of hydrogen-bond acceptors (Lipinski definition) is 4. The van der Waals surface area contributed by atoms with Crippen LogP contribution in [0.5, 0.6) is 5.75 Å². The molecular weight excluding hydrogens is 376 g/mol. The zero-order valence-corrected chi connectivity index (χ0v) is 17.6. The average molecular weight is 403 g/mol. The Labute approximate surface area is 166 Å². The summed E-state index contributed by atoms with van der Waals surface area (Å²) in [7, 11) is -1.86. The van der Waals surface area contributed by atoms with E-state index in [-0.39, 0.29) is 17.6 Å². The Hall–Kier alpha value is -2.54. The number of rotatable bonds is 4. The molecule has 1 N–H and O–H groups in total. The van der Waals surface area contributed by atoms with Crippen molar-refractivity contribution in [2.75, 3.05) is 17.6 Å². The molecule has 0 aliphatic carbocycles. The molecule has 6 nitrogen and oxygen atoms in total.